The number of aliphatic hydroxyl groups is 3. The fourth-order valence-corrected chi connectivity index (χ4v) is 3.00. The zero-order valence-electron chi connectivity index (χ0n) is 15.7. The summed E-state index contributed by atoms with van der Waals surface area (Å²) in [4.78, 5) is 23.2. The summed E-state index contributed by atoms with van der Waals surface area (Å²) < 4.78 is 5.64. The monoisotopic (exact) mass is 397 g/mol. The van der Waals surface area contributed by atoms with Crippen LogP contribution in [0.15, 0.2) is 24.3 Å². The Hall–Kier alpha value is -2.40. The van der Waals surface area contributed by atoms with Crippen molar-refractivity contribution in [3.05, 3.63) is 24.3 Å². The maximum atomic E-state index is 12.2. The predicted octanol–water partition coefficient (Wildman–Crippen LogP) is 0.158. The van der Waals surface area contributed by atoms with Crippen LogP contribution in [0.25, 0.3) is 0 Å². The maximum Gasteiger partial charge on any atom is 0.409 e. The van der Waals surface area contributed by atoms with Gasteiger partial charge in [-0.15, -0.1) is 0 Å². The molecule has 1 unspecified atom stereocenters. The number of benzene rings is 1. The molecular weight excluding hydrogens is 370 g/mol. The summed E-state index contributed by atoms with van der Waals surface area (Å²) in [5.74, 6) is -0.246. The molecule has 0 spiro atoms. The Labute approximate surface area is 162 Å². The average Bonchev–Trinajstić information content (AvgIpc) is 2.61. The van der Waals surface area contributed by atoms with Gasteiger partial charge in [0.1, 0.15) is 24.4 Å². The van der Waals surface area contributed by atoms with Gasteiger partial charge in [0, 0.05) is 6.42 Å². The highest BCUT2D eigenvalue weighted by Crippen LogP contribution is 2.27. The second-order valence-corrected chi connectivity index (χ2v) is 7.07. The van der Waals surface area contributed by atoms with E-state index in [2.05, 4.69) is 16.0 Å². The minimum atomic E-state index is -1.40. The molecule has 0 aromatic heterocycles. The molecule has 2 rings (SSSR count). The lowest BCUT2D eigenvalue weighted by molar-refractivity contribution is -0.188. The van der Waals surface area contributed by atoms with Gasteiger partial charge < -0.3 is 35.8 Å². The Morgan fingerprint density at radius 1 is 1.14 bits per heavy atom. The van der Waals surface area contributed by atoms with Gasteiger partial charge in [-0.3, -0.25) is 10.1 Å². The summed E-state index contributed by atoms with van der Waals surface area (Å²) in [6.07, 6.45) is -5.95. The Balaban J connectivity index is 2.26. The average molecular weight is 397 g/mol. The van der Waals surface area contributed by atoms with Gasteiger partial charge in [-0.25, -0.2) is 4.79 Å². The van der Waals surface area contributed by atoms with Crippen molar-refractivity contribution >= 4 is 23.4 Å². The molecule has 10 nitrogen and oxygen atoms in total. The zero-order valence-corrected chi connectivity index (χ0v) is 15.7. The molecule has 28 heavy (non-hydrogen) atoms. The van der Waals surface area contributed by atoms with Gasteiger partial charge in [0.15, 0.2) is 6.23 Å². The Kier molecular flexibility index (Phi) is 7.58. The lowest BCUT2D eigenvalue weighted by atomic mass is 9.95. The van der Waals surface area contributed by atoms with Crippen LogP contribution in [-0.2, 0) is 9.53 Å². The smallest absolute Gasteiger partial charge is 0.409 e. The van der Waals surface area contributed by atoms with Crippen molar-refractivity contribution in [3.63, 3.8) is 0 Å². The van der Waals surface area contributed by atoms with Crippen molar-refractivity contribution < 1.29 is 34.8 Å². The molecule has 0 aliphatic carbocycles. The van der Waals surface area contributed by atoms with Gasteiger partial charge in [-0.2, -0.15) is 0 Å². The van der Waals surface area contributed by atoms with Crippen molar-refractivity contribution in [2.45, 2.75) is 50.8 Å². The summed E-state index contributed by atoms with van der Waals surface area (Å²) in [6, 6.07) is 5.39. The van der Waals surface area contributed by atoms with E-state index in [0.29, 0.717) is 5.69 Å². The number of anilines is 2. The highest BCUT2D eigenvalue weighted by Gasteiger charge is 2.45. The first-order valence-electron chi connectivity index (χ1n) is 9.00. The number of amides is 2. The standard InChI is InChI=1S/C18H27N3O7/c1-9(2)7-13(23)21-14-16(25)15(24)12(8-22)28-17(14)19-10-5-3-4-6-11(10)20-18(26)27/h3-6,9,12,14-17,19-20,22,24-25H,7-8H2,1-2H3,(H,21,23)(H,26,27)/t12-,14-,15-,16-,17?/m1/s1. The van der Waals surface area contributed by atoms with E-state index in [1.807, 2.05) is 13.8 Å². The SMILES string of the molecule is CC(C)CC(=O)N[C@H]1C(Nc2ccccc2NC(=O)O)O[C@H](CO)[C@@H](O)[C@@H]1O. The summed E-state index contributed by atoms with van der Waals surface area (Å²) in [5, 5.41) is 46.9. The van der Waals surface area contributed by atoms with Crippen molar-refractivity contribution in [1.82, 2.24) is 5.32 Å². The van der Waals surface area contributed by atoms with Crippen LogP contribution < -0.4 is 16.0 Å². The predicted molar refractivity (Wildman–Crippen MR) is 101 cm³/mol. The van der Waals surface area contributed by atoms with Crippen LogP contribution in [-0.4, -0.2) is 69.6 Å². The first-order valence-corrected chi connectivity index (χ1v) is 9.00. The van der Waals surface area contributed by atoms with E-state index < -0.39 is 43.3 Å². The van der Waals surface area contributed by atoms with Gasteiger partial charge in [-0.1, -0.05) is 26.0 Å². The Bertz CT molecular complexity index is 685. The van der Waals surface area contributed by atoms with E-state index in [-0.39, 0.29) is 23.9 Å². The van der Waals surface area contributed by atoms with Crippen LogP contribution in [0.5, 0.6) is 0 Å². The number of hydrogen-bond acceptors (Lipinski definition) is 7. The minimum absolute atomic E-state index is 0.0867. The number of para-hydroxylation sites is 2. The van der Waals surface area contributed by atoms with Crippen molar-refractivity contribution in [2.75, 3.05) is 17.2 Å². The molecule has 1 aromatic carbocycles. The molecule has 7 N–H and O–H groups in total. The molecule has 0 bridgehead atoms. The molecule has 1 heterocycles. The Morgan fingerprint density at radius 2 is 1.79 bits per heavy atom. The molecule has 1 saturated heterocycles. The maximum absolute atomic E-state index is 12.2. The quantitative estimate of drug-likeness (QED) is 0.342. The van der Waals surface area contributed by atoms with Crippen molar-refractivity contribution in [3.8, 4) is 0 Å². The molecule has 0 radical (unpaired) electrons. The second kappa shape index (κ2) is 9.69. The van der Waals surface area contributed by atoms with E-state index in [1.54, 1.807) is 18.2 Å². The number of hydrogen-bond donors (Lipinski definition) is 7. The second-order valence-electron chi connectivity index (χ2n) is 7.07. The summed E-state index contributed by atoms with van der Waals surface area (Å²) in [7, 11) is 0. The number of carbonyl (C=O) groups excluding carboxylic acids is 1. The third-order valence-electron chi connectivity index (χ3n) is 4.31. The lowest BCUT2D eigenvalue weighted by Crippen LogP contribution is -2.66. The first-order chi connectivity index (χ1) is 13.2. The highest BCUT2D eigenvalue weighted by atomic mass is 16.5. The molecule has 2 amide bonds. The molecule has 1 aliphatic rings. The Morgan fingerprint density at radius 3 is 2.36 bits per heavy atom. The molecule has 1 fully saturated rings. The van der Waals surface area contributed by atoms with Crippen molar-refractivity contribution in [2.24, 2.45) is 5.92 Å². The van der Waals surface area contributed by atoms with Crippen molar-refractivity contribution in [1.29, 1.82) is 0 Å². The van der Waals surface area contributed by atoms with Crippen LogP contribution >= 0.6 is 0 Å². The fourth-order valence-electron chi connectivity index (χ4n) is 3.00. The number of aliphatic hydroxyl groups excluding tert-OH is 3. The minimum Gasteiger partial charge on any atom is -0.465 e. The van der Waals surface area contributed by atoms with Crippen LogP contribution in [0.2, 0.25) is 0 Å². The van der Waals surface area contributed by atoms with Crippen LogP contribution in [0.4, 0.5) is 16.2 Å². The van der Waals surface area contributed by atoms with E-state index in [0.717, 1.165) is 0 Å². The van der Waals surface area contributed by atoms with E-state index in [4.69, 9.17) is 9.84 Å². The lowest BCUT2D eigenvalue weighted by Gasteiger charge is -2.43. The fraction of sp³-hybridized carbons (Fsp3) is 0.556. The number of carboxylic acid groups (broad SMARTS) is 1. The summed E-state index contributed by atoms with van der Waals surface area (Å²) >= 11 is 0. The normalized spacial score (nSPS) is 27.3. The van der Waals surface area contributed by atoms with Crippen LogP contribution in [0.3, 0.4) is 0 Å². The molecule has 156 valence electrons. The molecule has 1 aliphatic heterocycles. The zero-order chi connectivity index (χ0) is 20.8. The van der Waals surface area contributed by atoms with Gasteiger partial charge >= 0.3 is 6.09 Å². The number of ether oxygens (including phenoxy) is 1. The highest BCUT2D eigenvalue weighted by molar-refractivity contribution is 5.88. The number of carbonyl (C=O) groups is 2. The summed E-state index contributed by atoms with van der Waals surface area (Å²) in [6.45, 7) is 3.19. The van der Waals surface area contributed by atoms with E-state index >= 15 is 0 Å². The van der Waals surface area contributed by atoms with Gasteiger partial charge in [0.25, 0.3) is 0 Å². The topological polar surface area (TPSA) is 160 Å². The molecular formula is C18H27N3O7. The van der Waals surface area contributed by atoms with Gasteiger partial charge in [0.2, 0.25) is 5.91 Å². The largest absolute Gasteiger partial charge is 0.465 e. The first kappa shape index (κ1) is 21.9. The molecule has 1 aromatic rings. The van der Waals surface area contributed by atoms with Gasteiger partial charge in [-0.05, 0) is 18.1 Å². The van der Waals surface area contributed by atoms with Crippen LogP contribution in [0, 0.1) is 5.92 Å². The summed E-state index contributed by atoms with van der Waals surface area (Å²) in [5.41, 5.74) is 0.588. The van der Waals surface area contributed by atoms with Gasteiger partial charge in [0.05, 0.1) is 18.0 Å². The van der Waals surface area contributed by atoms with E-state index in [1.165, 1.54) is 6.07 Å². The number of rotatable bonds is 7. The number of nitrogens with one attached hydrogen (secondary N) is 3. The van der Waals surface area contributed by atoms with E-state index in [9.17, 15) is 24.9 Å². The molecule has 5 atom stereocenters. The molecule has 10 heteroatoms. The third kappa shape index (κ3) is 5.55. The molecule has 0 saturated carbocycles. The van der Waals surface area contributed by atoms with Crippen LogP contribution in [0.1, 0.15) is 20.3 Å². The third-order valence-corrected chi connectivity index (χ3v) is 4.31.